The van der Waals surface area contributed by atoms with Gasteiger partial charge in [-0.25, -0.2) is 14.5 Å². The summed E-state index contributed by atoms with van der Waals surface area (Å²) in [6.07, 6.45) is 13.0. The molecule has 0 aromatic carbocycles. The fourth-order valence-corrected chi connectivity index (χ4v) is 6.52. The Kier molecular flexibility index (Phi) is 8.45. The van der Waals surface area contributed by atoms with Gasteiger partial charge >= 0.3 is 0 Å². The van der Waals surface area contributed by atoms with Crippen molar-refractivity contribution in [3.63, 3.8) is 0 Å². The van der Waals surface area contributed by atoms with E-state index in [0.717, 1.165) is 73.8 Å². The van der Waals surface area contributed by atoms with Gasteiger partial charge in [0.2, 0.25) is 5.88 Å². The Morgan fingerprint density at radius 3 is 2.65 bits per heavy atom. The normalized spacial score (nSPS) is 21.9. The van der Waals surface area contributed by atoms with Crippen LogP contribution < -0.4 is 9.47 Å². The van der Waals surface area contributed by atoms with Crippen LogP contribution in [-0.4, -0.2) is 95.0 Å². The van der Waals surface area contributed by atoms with E-state index >= 15 is 0 Å². The van der Waals surface area contributed by atoms with Crippen molar-refractivity contribution < 1.29 is 9.47 Å². The molecule has 10 nitrogen and oxygen atoms in total. The Balaban J connectivity index is 1.16. The molecule has 4 saturated heterocycles. The van der Waals surface area contributed by atoms with Crippen molar-refractivity contribution in [2.45, 2.75) is 44.8 Å². The van der Waals surface area contributed by atoms with Crippen molar-refractivity contribution in [1.82, 2.24) is 29.3 Å². The van der Waals surface area contributed by atoms with Crippen LogP contribution in [0, 0.1) is 17.2 Å². The zero-order chi connectivity index (χ0) is 29.9. The summed E-state index contributed by atoms with van der Waals surface area (Å²) >= 11 is 0. The van der Waals surface area contributed by atoms with Crippen LogP contribution >= 0.6 is 0 Å². The summed E-state index contributed by atoms with van der Waals surface area (Å²) < 4.78 is 13.2. The van der Waals surface area contributed by atoms with Crippen LogP contribution in [0.4, 0.5) is 0 Å². The van der Waals surface area contributed by atoms with E-state index in [1.807, 2.05) is 30.6 Å². The maximum absolute atomic E-state index is 9.78. The number of likely N-dealkylation sites (tertiary alicyclic amines) is 1. The molecule has 3 aromatic heterocycles. The quantitative estimate of drug-likeness (QED) is 0.260. The van der Waals surface area contributed by atoms with Gasteiger partial charge in [-0.1, -0.05) is 12.1 Å². The standard InChI is InChI=1S/C33H40N8O2/c1-23(30-14-29(21-41-33(30)26(15-34)17-37-41)43-22-24-9-11-38(3)12-10-24)5-7-31(35-2)39-19-27-13-28(20-39)40(27)18-25-6-8-32(42-4)36-16-25/h5-8,14,16-17,21,24,27-28H,2,9-13,18-20,22H2,1,3-4H3/b23-5+,31-7+. The van der Waals surface area contributed by atoms with Gasteiger partial charge in [-0.2, -0.15) is 10.4 Å². The molecule has 0 amide bonds. The topological polar surface area (TPSA) is 94.5 Å². The second kappa shape index (κ2) is 12.6. The number of rotatable bonds is 10. The molecule has 43 heavy (non-hydrogen) atoms. The molecule has 4 fully saturated rings. The maximum atomic E-state index is 9.78. The molecule has 7 heterocycles. The number of nitrogens with zero attached hydrogens (tertiary/aromatic N) is 8. The molecule has 3 aromatic rings. The Labute approximate surface area is 253 Å². The zero-order valence-electron chi connectivity index (χ0n) is 25.3. The highest BCUT2D eigenvalue weighted by molar-refractivity contribution is 5.82. The first-order valence-corrected chi connectivity index (χ1v) is 15.0. The highest BCUT2D eigenvalue weighted by atomic mass is 16.5. The van der Waals surface area contributed by atoms with Crippen LogP contribution in [0.2, 0.25) is 0 Å². The molecule has 2 atom stereocenters. The van der Waals surface area contributed by atoms with Crippen molar-refractivity contribution in [3.8, 4) is 17.7 Å². The lowest BCUT2D eigenvalue weighted by Gasteiger charge is -2.57. The molecule has 0 saturated carbocycles. The second-order valence-corrected chi connectivity index (χ2v) is 12.0. The molecule has 0 aliphatic carbocycles. The number of aromatic nitrogens is 3. The molecular formula is C33H40N8O2. The first-order chi connectivity index (χ1) is 20.9. The number of ether oxygens (including phenoxy) is 2. The lowest BCUT2D eigenvalue weighted by Crippen LogP contribution is -2.67. The fraction of sp³-hybridized carbons (Fsp3) is 0.455. The number of pyridine rings is 2. The smallest absolute Gasteiger partial charge is 0.212 e. The predicted molar refractivity (Wildman–Crippen MR) is 167 cm³/mol. The molecule has 224 valence electrons. The SMILES string of the molecule is C=N/C(=C\C=C(/C)c1cc(OCC2CCN(C)CC2)cn2ncc(C#N)c12)N1CC2CC(C1)N2Cc1ccc(OC)nc1. The summed E-state index contributed by atoms with van der Waals surface area (Å²) in [6, 6.07) is 9.28. The van der Waals surface area contributed by atoms with Gasteiger partial charge in [0, 0.05) is 49.5 Å². The number of fused-ring (bicyclic) bond motifs is 3. The molecule has 4 aliphatic heterocycles. The van der Waals surface area contributed by atoms with Crippen molar-refractivity contribution in [2.24, 2.45) is 10.9 Å². The van der Waals surface area contributed by atoms with Gasteiger partial charge in [0.05, 0.1) is 37.2 Å². The van der Waals surface area contributed by atoms with Crippen molar-refractivity contribution in [1.29, 1.82) is 5.26 Å². The number of allylic oxidation sites excluding steroid dienone is 3. The number of aliphatic imine (C=N–C) groups is 1. The number of methoxy groups -OCH3 is 1. The van der Waals surface area contributed by atoms with Gasteiger partial charge in [-0.15, -0.1) is 0 Å². The second-order valence-electron chi connectivity index (χ2n) is 12.0. The van der Waals surface area contributed by atoms with Gasteiger partial charge in [0.1, 0.15) is 17.6 Å². The Morgan fingerprint density at radius 1 is 1.19 bits per heavy atom. The number of hydrogen-bond acceptors (Lipinski definition) is 9. The summed E-state index contributed by atoms with van der Waals surface area (Å²) in [5, 5.41) is 14.2. The van der Waals surface area contributed by atoms with E-state index in [9.17, 15) is 5.26 Å². The van der Waals surface area contributed by atoms with E-state index in [0.29, 0.717) is 36.1 Å². The van der Waals surface area contributed by atoms with Gasteiger partial charge in [-0.05, 0) is 82.2 Å². The van der Waals surface area contributed by atoms with Crippen LogP contribution in [0.5, 0.6) is 11.6 Å². The van der Waals surface area contributed by atoms with Crippen LogP contribution in [0.15, 0.2) is 59.8 Å². The van der Waals surface area contributed by atoms with Crippen molar-refractivity contribution >= 4 is 17.8 Å². The molecule has 2 unspecified atom stereocenters. The van der Waals surface area contributed by atoms with Gasteiger partial charge in [-0.3, -0.25) is 4.90 Å². The number of nitriles is 1. The van der Waals surface area contributed by atoms with Crippen LogP contribution in [-0.2, 0) is 6.54 Å². The monoisotopic (exact) mass is 580 g/mol. The highest BCUT2D eigenvalue weighted by Gasteiger charge is 2.44. The lowest BCUT2D eigenvalue weighted by molar-refractivity contribution is -0.0645. The average Bonchev–Trinajstić information content (AvgIpc) is 3.46. The minimum absolute atomic E-state index is 0.471. The Bertz CT molecular complexity index is 1550. The van der Waals surface area contributed by atoms with E-state index in [2.05, 4.69) is 68.7 Å². The third kappa shape index (κ3) is 6.14. The first kappa shape index (κ1) is 28.9. The summed E-state index contributed by atoms with van der Waals surface area (Å²) in [5.41, 5.74) is 4.45. The molecule has 10 heteroatoms. The molecule has 7 rings (SSSR count). The summed E-state index contributed by atoms with van der Waals surface area (Å²) in [6.45, 7) is 11.5. The predicted octanol–water partition coefficient (Wildman–Crippen LogP) is 4.23. The third-order valence-electron chi connectivity index (χ3n) is 9.14. The fourth-order valence-electron chi connectivity index (χ4n) is 6.52. The van der Waals surface area contributed by atoms with Crippen LogP contribution in [0.3, 0.4) is 0 Å². The molecule has 0 radical (unpaired) electrons. The van der Waals surface area contributed by atoms with Crippen molar-refractivity contribution in [3.05, 3.63) is 71.5 Å². The Hall–Kier alpha value is -4.20. The van der Waals surface area contributed by atoms with E-state index in [-0.39, 0.29) is 0 Å². The first-order valence-electron chi connectivity index (χ1n) is 15.0. The maximum Gasteiger partial charge on any atom is 0.212 e. The van der Waals surface area contributed by atoms with Crippen LogP contribution in [0.25, 0.3) is 11.1 Å². The van der Waals surface area contributed by atoms with E-state index in [1.165, 1.54) is 12.0 Å². The third-order valence-corrected chi connectivity index (χ3v) is 9.14. The van der Waals surface area contributed by atoms with Gasteiger partial charge in [0.25, 0.3) is 0 Å². The minimum Gasteiger partial charge on any atom is -0.492 e. The van der Waals surface area contributed by atoms with E-state index < -0.39 is 0 Å². The average molecular weight is 581 g/mol. The Morgan fingerprint density at radius 2 is 1.98 bits per heavy atom. The zero-order valence-corrected chi connectivity index (χ0v) is 25.3. The number of piperidine rings is 2. The summed E-state index contributed by atoms with van der Waals surface area (Å²) in [5.74, 6) is 2.80. The minimum atomic E-state index is 0.471. The summed E-state index contributed by atoms with van der Waals surface area (Å²) in [7, 11) is 3.81. The molecule has 4 aliphatic rings. The van der Waals surface area contributed by atoms with E-state index in [1.54, 1.807) is 17.8 Å². The van der Waals surface area contributed by atoms with Gasteiger partial charge < -0.3 is 19.3 Å². The van der Waals surface area contributed by atoms with E-state index in [4.69, 9.17) is 9.47 Å². The summed E-state index contributed by atoms with van der Waals surface area (Å²) in [4.78, 5) is 16.0. The molecule has 0 N–H and O–H groups in total. The molecule has 0 spiro atoms. The lowest BCUT2D eigenvalue weighted by atomic mass is 9.87. The largest absolute Gasteiger partial charge is 0.492 e. The number of hydrogen-bond donors (Lipinski definition) is 0. The van der Waals surface area contributed by atoms with Crippen LogP contribution in [0.1, 0.15) is 42.9 Å². The van der Waals surface area contributed by atoms with Gasteiger partial charge in [0.15, 0.2) is 0 Å². The highest BCUT2D eigenvalue weighted by Crippen LogP contribution is 2.36. The van der Waals surface area contributed by atoms with Crippen molar-refractivity contribution in [2.75, 3.05) is 46.9 Å². The molecular weight excluding hydrogens is 540 g/mol. The number of piperazine rings is 1. The molecule has 2 bridgehead atoms.